The van der Waals surface area contributed by atoms with Gasteiger partial charge in [0.05, 0.1) is 5.71 Å². The molecule has 1 amide bonds. The van der Waals surface area contributed by atoms with E-state index in [1.165, 1.54) is 0 Å². The number of amides is 1. The number of nitrogens with zero attached hydrogens (tertiary/aromatic N) is 1. The minimum absolute atomic E-state index is 0.0808. The highest BCUT2D eigenvalue weighted by atomic mass is 16.5. The molecular formula is C14H20N2O3. The molecule has 0 saturated carbocycles. The number of ether oxygens (including phenoxy) is 1. The van der Waals surface area contributed by atoms with Crippen LogP contribution in [0, 0.1) is 5.92 Å². The normalized spacial score (nSPS) is 13.1. The van der Waals surface area contributed by atoms with Gasteiger partial charge in [0, 0.05) is 31.4 Å². The van der Waals surface area contributed by atoms with E-state index in [4.69, 9.17) is 9.94 Å². The van der Waals surface area contributed by atoms with Crippen molar-refractivity contribution in [1.82, 2.24) is 0 Å². The number of hydrogen-bond acceptors (Lipinski definition) is 4. The van der Waals surface area contributed by atoms with Crippen molar-refractivity contribution in [3.8, 4) is 0 Å². The molecule has 1 rings (SSSR count). The number of methoxy groups -OCH3 is 1. The van der Waals surface area contributed by atoms with Gasteiger partial charge in [-0.05, 0) is 18.9 Å². The van der Waals surface area contributed by atoms with Crippen LogP contribution in [0.3, 0.4) is 0 Å². The first kappa shape index (κ1) is 15.2. The fourth-order valence-corrected chi connectivity index (χ4v) is 1.82. The molecule has 2 N–H and O–H groups in total. The summed E-state index contributed by atoms with van der Waals surface area (Å²) in [5.41, 5.74) is 1.81. The Morgan fingerprint density at radius 3 is 2.79 bits per heavy atom. The van der Waals surface area contributed by atoms with Crippen LogP contribution in [0.4, 0.5) is 5.69 Å². The number of anilines is 1. The fraction of sp³-hybridized carbons (Fsp3) is 0.429. The Kier molecular flexibility index (Phi) is 6.02. The summed E-state index contributed by atoms with van der Waals surface area (Å²) in [6, 6.07) is 7.22. The molecule has 0 aromatic heterocycles. The molecule has 0 bridgehead atoms. The van der Waals surface area contributed by atoms with Crippen LogP contribution in [-0.4, -0.2) is 30.5 Å². The van der Waals surface area contributed by atoms with Gasteiger partial charge in [-0.25, -0.2) is 0 Å². The van der Waals surface area contributed by atoms with Crippen molar-refractivity contribution in [2.24, 2.45) is 11.1 Å². The molecule has 1 unspecified atom stereocenters. The van der Waals surface area contributed by atoms with Gasteiger partial charge in [0.1, 0.15) is 0 Å². The van der Waals surface area contributed by atoms with E-state index in [1.54, 1.807) is 26.2 Å². The Bertz CT molecular complexity index is 458. The largest absolute Gasteiger partial charge is 0.411 e. The van der Waals surface area contributed by atoms with E-state index >= 15 is 0 Å². The number of oxime groups is 1. The van der Waals surface area contributed by atoms with E-state index in [0.29, 0.717) is 30.0 Å². The van der Waals surface area contributed by atoms with Gasteiger partial charge < -0.3 is 15.3 Å². The van der Waals surface area contributed by atoms with Crippen molar-refractivity contribution >= 4 is 17.3 Å². The highest BCUT2D eigenvalue weighted by Gasteiger charge is 2.12. The monoisotopic (exact) mass is 264 g/mol. The molecule has 1 atom stereocenters. The van der Waals surface area contributed by atoms with E-state index in [9.17, 15) is 4.79 Å². The number of nitrogens with one attached hydrogen (secondary N) is 1. The number of carbonyl (C=O) groups excluding carboxylic acids is 1. The molecule has 1 aromatic carbocycles. The lowest BCUT2D eigenvalue weighted by Crippen LogP contribution is -2.18. The summed E-state index contributed by atoms with van der Waals surface area (Å²) in [5, 5.41) is 14.8. The van der Waals surface area contributed by atoms with Crippen LogP contribution in [0.5, 0.6) is 0 Å². The molecule has 0 spiro atoms. The van der Waals surface area contributed by atoms with Crippen molar-refractivity contribution in [1.29, 1.82) is 0 Å². The molecule has 104 valence electrons. The molecule has 0 saturated heterocycles. The lowest BCUT2D eigenvalue weighted by molar-refractivity contribution is -0.117. The first-order valence-electron chi connectivity index (χ1n) is 6.15. The molecule has 19 heavy (non-hydrogen) atoms. The zero-order valence-corrected chi connectivity index (χ0v) is 11.5. The van der Waals surface area contributed by atoms with Gasteiger partial charge in [-0.15, -0.1) is 0 Å². The Labute approximate surface area is 113 Å². The van der Waals surface area contributed by atoms with Crippen molar-refractivity contribution in [3.63, 3.8) is 0 Å². The number of benzene rings is 1. The standard InChI is InChI=1S/C14H20N2O3/c1-10(9-19-3)8-14(17)15-13-7-5-4-6-12(13)11(2)16-18/h4-7,10,18H,8-9H2,1-3H3,(H,15,17). The summed E-state index contributed by atoms with van der Waals surface area (Å²) in [7, 11) is 1.62. The van der Waals surface area contributed by atoms with E-state index in [2.05, 4.69) is 10.5 Å². The minimum Gasteiger partial charge on any atom is -0.411 e. The summed E-state index contributed by atoms with van der Waals surface area (Å²) < 4.78 is 5.00. The summed E-state index contributed by atoms with van der Waals surface area (Å²) in [6.07, 6.45) is 0.386. The molecule has 0 aliphatic carbocycles. The maximum absolute atomic E-state index is 11.9. The quantitative estimate of drug-likeness (QED) is 0.471. The second-order valence-electron chi connectivity index (χ2n) is 4.54. The molecular weight excluding hydrogens is 244 g/mol. The lowest BCUT2D eigenvalue weighted by atomic mass is 10.1. The molecule has 5 nitrogen and oxygen atoms in total. The topological polar surface area (TPSA) is 70.9 Å². The number of rotatable bonds is 6. The summed E-state index contributed by atoms with van der Waals surface area (Å²) in [4.78, 5) is 11.9. The van der Waals surface area contributed by atoms with Crippen molar-refractivity contribution < 1.29 is 14.7 Å². The summed E-state index contributed by atoms with van der Waals surface area (Å²) in [6.45, 7) is 4.18. The summed E-state index contributed by atoms with van der Waals surface area (Å²) >= 11 is 0. The van der Waals surface area contributed by atoms with E-state index in [-0.39, 0.29) is 11.8 Å². The zero-order chi connectivity index (χ0) is 14.3. The van der Waals surface area contributed by atoms with Crippen LogP contribution in [0.2, 0.25) is 0 Å². The highest BCUT2D eigenvalue weighted by molar-refractivity contribution is 6.06. The third kappa shape index (κ3) is 4.71. The summed E-state index contributed by atoms with van der Waals surface area (Å²) in [5.74, 6) is 0.0764. The molecule has 0 aliphatic heterocycles. The van der Waals surface area contributed by atoms with Crippen LogP contribution in [0.25, 0.3) is 0 Å². The van der Waals surface area contributed by atoms with Gasteiger partial charge in [-0.1, -0.05) is 30.3 Å². The number of para-hydroxylation sites is 1. The minimum atomic E-state index is -0.0808. The van der Waals surface area contributed by atoms with Crippen molar-refractivity contribution in [2.75, 3.05) is 19.0 Å². The van der Waals surface area contributed by atoms with Crippen molar-refractivity contribution in [2.45, 2.75) is 20.3 Å². The van der Waals surface area contributed by atoms with Gasteiger partial charge in [0.2, 0.25) is 5.91 Å². The molecule has 0 fully saturated rings. The highest BCUT2D eigenvalue weighted by Crippen LogP contribution is 2.17. The molecule has 0 heterocycles. The third-order valence-corrected chi connectivity index (χ3v) is 2.73. The van der Waals surface area contributed by atoms with E-state index < -0.39 is 0 Å². The Balaban J connectivity index is 2.74. The van der Waals surface area contributed by atoms with Gasteiger partial charge in [0.25, 0.3) is 0 Å². The van der Waals surface area contributed by atoms with Crippen molar-refractivity contribution in [3.05, 3.63) is 29.8 Å². The predicted molar refractivity (Wildman–Crippen MR) is 74.7 cm³/mol. The molecule has 1 aromatic rings. The number of hydrogen-bond donors (Lipinski definition) is 2. The van der Waals surface area contributed by atoms with Gasteiger partial charge in [-0.2, -0.15) is 0 Å². The number of carbonyl (C=O) groups is 1. The maximum Gasteiger partial charge on any atom is 0.224 e. The van der Waals surface area contributed by atoms with E-state index in [1.807, 2.05) is 19.1 Å². The van der Waals surface area contributed by atoms with Gasteiger partial charge in [0.15, 0.2) is 0 Å². The smallest absolute Gasteiger partial charge is 0.224 e. The average Bonchev–Trinajstić information content (AvgIpc) is 2.38. The SMILES string of the molecule is COCC(C)CC(=O)Nc1ccccc1C(C)=NO. The van der Waals surface area contributed by atoms with Gasteiger partial charge >= 0.3 is 0 Å². The molecule has 0 radical (unpaired) electrons. The Morgan fingerprint density at radius 2 is 2.16 bits per heavy atom. The van der Waals surface area contributed by atoms with E-state index in [0.717, 1.165) is 0 Å². The molecule has 5 heteroatoms. The van der Waals surface area contributed by atoms with Crippen LogP contribution in [0.15, 0.2) is 29.4 Å². The average molecular weight is 264 g/mol. The second kappa shape index (κ2) is 7.53. The predicted octanol–water partition coefficient (Wildman–Crippen LogP) is 2.50. The fourth-order valence-electron chi connectivity index (χ4n) is 1.82. The van der Waals surface area contributed by atoms with Crippen LogP contribution in [-0.2, 0) is 9.53 Å². The second-order valence-corrected chi connectivity index (χ2v) is 4.54. The lowest BCUT2D eigenvalue weighted by Gasteiger charge is -2.13. The van der Waals surface area contributed by atoms with Gasteiger partial charge in [-0.3, -0.25) is 4.79 Å². The zero-order valence-electron chi connectivity index (χ0n) is 11.5. The maximum atomic E-state index is 11.9. The first-order valence-corrected chi connectivity index (χ1v) is 6.15. The first-order chi connectivity index (χ1) is 9.08. The van der Waals surface area contributed by atoms with Crippen LogP contribution < -0.4 is 5.32 Å². The third-order valence-electron chi connectivity index (χ3n) is 2.73. The Hall–Kier alpha value is -1.88. The van der Waals surface area contributed by atoms with Crippen LogP contribution in [0.1, 0.15) is 25.8 Å². The molecule has 0 aliphatic rings. The Morgan fingerprint density at radius 1 is 1.47 bits per heavy atom. The van der Waals surface area contributed by atoms with Crippen LogP contribution >= 0.6 is 0 Å².